The second-order valence-corrected chi connectivity index (χ2v) is 12.8. The Kier molecular flexibility index (Phi) is 21.4. The minimum absolute atomic E-state index is 0. The van der Waals surface area contributed by atoms with Gasteiger partial charge >= 0.3 is 39.9 Å². The van der Waals surface area contributed by atoms with Gasteiger partial charge in [0.1, 0.15) is 0 Å². The van der Waals surface area contributed by atoms with E-state index in [0.717, 1.165) is 9.80 Å². The molecule has 17 nitrogen and oxygen atoms in total. The Labute approximate surface area is 254 Å². The zero-order valence-corrected chi connectivity index (χ0v) is 24.9. The van der Waals surface area contributed by atoms with E-state index in [4.69, 9.17) is 12.1 Å². The third kappa shape index (κ3) is 20.5. The SMILES string of the molecule is [B]P(OP(=O)([O-])OCC(CN(CCN(CC(=O)[O-])CC(=O)[O-])CC(=O)[O-])N(CC(=O)[O-])CC(=O)[O-])PC.[Gd+3]. The fourth-order valence-corrected chi connectivity index (χ4v) is 6.21. The standard InChI is InChI=1S/C16H29BN3O14P3.Gd/c1-35-36(17)34-37(31,32)33-10-11(20(8-15(27)28)9-16(29)30)4-18(5-12(21)22)2-3-19(6-13(23)24)7-14(25)26;/h11,35H,2-10H2,1H3,(H,21,22)(H,23,24)(H,25,26)(H,27,28)(H,29,30)(H,31,32);/q;+3/p-6. The number of aliphatic carboxylic acids is 5. The summed E-state index contributed by atoms with van der Waals surface area (Å²) in [5.41, 5.74) is 0. The largest absolute Gasteiger partial charge is 3.00 e. The van der Waals surface area contributed by atoms with Crippen molar-refractivity contribution in [3.63, 3.8) is 0 Å². The predicted octanol–water partition coefficient (Wildman–Crippen LogP) is -8.78. The molecule has 0 aliphatic carbocycles. The van der Waals surface area contributed by atoms with Crippen molar-refractivity contribution in [3.05, 3.63) is 0 Å². The third-order valence-corrected chi connectivity index (χ3v) is 8.74. The number of rotatable bonds is 22. The summed E-state index contributed by atoms with van der Waals surface area (Å²) >= 11 is 0. The van der Waals surface area contributed by atoms with Crippen LogP contribution >= 0.6 is 23.8 Å². The Morgan fingerprint density at radius 1 is 0.842 bits per heavy atom. The predicted molar refractivity (Wildman–Crippen MR) is 115 cm³/mol. The van der Waals surface area contributed by atoms with Gasteiger partial charge in [0.2, 0.25) is 0 Å². The van der Waals surface area contributed by atoms with Crippen molar-refractivity contribution in [1.29, 1.82) is 0 Å². The monoisotopic (exact) mass is 743 g/mol. The van der Waals surface area contributed by atoms with Crippen LogP contribution in [0.1, 0.15) is 0 Å². The van der Waals surface area contributed by atoms with Crippen LogP contribution < -0.4 is 30.4 Å². The Balaban J connectivity index is 0. The molecule has 0 saturated carbocycles. The summed E-state index contributed by atoms with van der Waals surface area (Å²) in [6.07, 6.45) is 0. The Morgan fingerprint density at radius 2 is 1.24 bits per heavy atom. The summed E-state index contributed by atoms with van der Waals surface area (Å²) in [6.45, 7) is -5.46. The molecular weight excluding hydrogens is 719 g/mol. The smallest absolute Gasteiger partial charge is 0.756 e. The normalized spacial score (nSPS) is 14.8. The van der Waals surface area contributed by atoms with Crippen LogP contribution in [-0.4, -0.2) is 124 Å². The van der Waals surface area contributed by atoms with Gasteiger partial charge in [-0.2, -0.15) is 0 Å². The summed E-state index contributed by atoms with van der Waals surface area (Å²) in [7, 11) is -1.59. The first-order chi connectivity index (χ1) is 17.0. The maximum absolute atomic E-state index is 12.1. The molecule has 0 rings (SSSR count). The van der Waals surface area contributed by atoms with E-state index in [1.165, 1.54) is 0 Å². The summed E-state index contributed by atoms with van der Waals surface area (Å²) in [4.78, 5) is 69.8. The van der Waals surface area contributed by atoms with Crippen LogP contribution in [0.5, 0.6) is 0 Å². The van der Waals surface area contributed by atoms with Crippen molar-refractivity contribution < 1.29 is 108 Å². The average Bonchev–Trinajstić information content (AvgIpc) is 2.71. The summed E-state index contributed by atoms with van der Waals surface area (Å²) in [5, 5.41) is 55.3. The number of carbonyl (C=O) groups is 5. The molecular formula is C16H23BGdN3O14P3-3. The van der Waals surface area contributed by atoms with Crippen LogP contribution in [0.15, 0.2) is 0 Å². The van der Waals surface area contributed by atoms with Crippen LogP contribution in [-0.2, 0) is 37.4 Å². The summed E-state index contributed by atoms with van der Waals surface area (Å²) < 4.78 is 21.4. The number of nitrogens with zero attached hydrogens (tertiary/aromatic N) is 3. The first kappa shape index (κ1) is 39.7. The molecule has 0 aromatic rings. The molecule has 4 unspecified atom stereocenters. The number of carboxylic acids is 5. The van der Waals surface area contributed by atoms with E-state index >= 15 is 0 Å². The summed E-state index contributed by atoms with van der Waals surface area (Å²) in [5.74, 6) is -8.51. The van der Waals surface area contributed by atoms with Gasteiger partial charge in [-0.15, -0.1) is 0 Å². The van der Waals surface area contributed by atoms with Crippen molar-refractivity contribution in [1.82, 2.24) is 14.7 Å². The Morgan fingerprint density at radius 3 is 1.63 bits per heavy atom. The Bertz CT molecular complexity index is 827. The van der Waals surface area contributed by atoms with E-state index in [2.05, 4.69) is 4.31 Å². The van der Waals surface area contributed by atoms with Crippen LogP contribution in [0, 0.1) is 39.9 Å². The number of carbonyl (C=O) groups excluding carboxylic acids is 5. The van der Waals surface area contributed by atoms with Gasteiger partial charge in [-0.3, -0.25) is 19.3 Å². The van der Waals surface area contributed by atoms with Gasteiger partial charge in [0.25, 0.3) is 7.82 Å². The minimum Gasteiger partial charge on any atom is -0.756 e. The summed E-state index contributed by atoms with van der Waals surface area (Å²) in [6, 6.07) is -1.45. The quantitative estimate of drug-likeness (QED) is 0.0736. The van der Waals surface area contributed by atoms with Crippen LogP contribution in [0.2, 0.25) is 0 Å². The third-order valence-electron chi connectivity index (χ3n) is 4.27. The fraction of sp³-hybridized carbons (Fsp3) is 0.688. The zero-order chi connectivity index (χ0) is 28.8. The first-order valence-corrected chi connectivity index (χ1v) is 15.2. The number of phosphoric acid groups is 1. The van der Waals surface area contributed by atoms with Crippen molar-refractivity contribution in [2.24, 2.45) is 0 Å². The molecule has 22 heteroatoms. The number of phosphoric ester groups is 1. The molecule has 38 heavy (non-hydrogen) atoms. The fourth-order valence-electron chi connectivity index (χ4n) is 2.85. The van der Waals surface area contributed by atoms with E-state index in [1.54, 1.807) is 6.66 Å². The van der Waals surface area contributed by atoms with Gasteiger partial charge in [-0.1, -0.05) is 8.27 Å². The molecule has 0 saturated heterocycles. The van der Waals surface area contributed by atoms with Gasteiger partial charge < -0.3 is 63.2 Å². The van der Waals surface area contributed by atoms with Crippen LogP contribution in [0.25, 0.3) is 0 Å². The topological polar surface area (TPSA) is 269 Å². The molecule has 4 atom stereocenters. The minimum atomic E-state index is -5.05. The molecule has 215 valence electrons. The van der Waals surface area contributed by atoms with Crippen molar-refractivity contribution in [2.75, 3.05) is 65.6 Å². The van der Waals surface area contributed by atoms with Gasteiger partial charge in [-0.25, -0.2) is 0 Å². The number of hydrogen-bond donors (Lipinski definition) is 0. The van der Waals surface area contributed by atoms with E-state index in [-0.39, 0.29) is 61.3 Å². The molecule has 0 aromatic carbocycles. The molecule has 0 aliphatic heterocycles. The van der Waals surface area contributed by atoms with Gasteiger partial charge in [-0.05, 0) is 6.66 Å². The van der Waals surface area contributed by atoms with Crippen LogP contribution in [0.4, 0.5) is 0 Å². The van der Waals surface area contributed by atoms with Gasteiger partial charge in [0.05, 0.1) is 36.5 Å². The van der Waals surface area contributed by atoms with Crippen molar-refractivity contribution in [3.8, 4) is 0 Å². The number of hydrogen-bond acceptors (Lipinski definition) is 17. The Hall–Kier alpha value is -0.410. The van der Waals surface area contributed by atoms with E-state index in [0.29, 0.717) is 4.90 Å². The van der Waals surface area contributed by atoms with E-state index in [1.807, 2.05) is 0 Å². The van der Waals surface area contributed by atoms with Crippen molar-refractivity contribution in [2.45, 2.75) is 6.04 Å². The molecule has 3 radical (unpaired) electrons. The molecule has 0 spiro atoms. The average molecular weight is 742 g/mol. The molecule has 0 heterocycles. The second kappa shape index (κ2) is 20.5. The molecule has 0 aromatic heterocycles. The maximum Gasteiger partial charge on any atom is 3.00 e. The zero-order valence-electron chi connectivity index (χ0n) is 19.8. The molecule has 0 amide bonds. The van der Waals surface area contributed by atoms with Gasteiger partial charge in [0, 0.05) is 66.1 Å². The molecule has 0 bridgehead atoms. The van der Waals surface area contributed by atoms with Crippen molar-refractivity contribution >= 4 is 61.2 Å². The molecule has 0 aliphatic rings. The van der Waals surface area contributed by atoms with E-state index in [9.17, 15) is 59.0 Å². The van der Waals surface area contributed by atoms with Crippen LogP contribution in [0.3, 0.4) is 0 Å². The molecule has 0 N–H and O–H groups in total. The number of carboxylic acid groups (broad SMARTS) is 5. The maximum atomic E-state index is 12.1. The van der Waals surface area contributed by atoms with E-state index < -0.39 is 97.3 Å². The second-order valence-electron chi connectivity index (χ2n) is 7.24. The molecule has 0 fully saturated rings. The first-order valence-electron chi connectivity index (χ1n) is 10.1. The van der Waals surface area contributed by atoms with Gasteiger partial charge in [0.15, 0.2) is 7.57 Å².